The fourth-order valence-corrected chi connectivity index (χ4v) is 1.84. The fraction of sp³-hybridized carbons (Fsp3) is 0.583. The number of aryl methyl sites for hydroxylation is 1. The van der Waals surface area contributed by atoms with E-state index in [0.29, 0.717) is 39.3 Å². The summed E-state index contributed by atoms with van der Waals surface area (Å²) in [5.41, 5.74) is 0.844. The first-order chi connectivity index (χ1) is 8.77. The Labute approximate surface area is 106 Å². The molecule has 0 aliphatic carbocycles. The number of ether oxygens (including phenoxy) is 1. The van der Waals surface area contributed by atoms with Crippen molar-refractivity contribution in [2.75, 3.05) is 38.2 Å². The fourth-order valence-electron chi connectivity index (χ4n) is 1.84. The molecule has 1 aliphatic rings. The number of morpholine rings is 1. The summed E-state index contributed by atoms with van der Waals surface area (Å²) >= 11 is 0. The van der Waals surface area contributed by atoms with Gasteiger partial charge in [-0.05, 0) is 6.92 Å². The molecule has 0 aromatic carbocycles. The van der Waals surface area contributed by atoms with Gasteiger partial charge >= 0.3 is 0 Å². The van der Waals surface area contributed by atoms with Crippen LogP contribution in [0.3, 0.4) is 0 Å². The summed E-state index contributed by atoms with van der Waals surface area (Å²) in [6, 6.07) is 0. The van der Waals surface area contributed by atoms with Crippen molar-refractivity contribution in [3.63, 3.8) is 0 Å². The third-order valence-corrected chi connectivity index (χ3v) is 2.88. The number of anilines is 1. The number of nitrogens with one attached hydrogen (secondary N) is 1. The van der Waals surface area contributed by atoms with Gasteiger partial charge in [-0.2, -0.15) is 0 Å². The van der Waals surface area contributed by atoms with Gasteiger partial charge in [-0.1, -0.05) is 0 Å². The lowest BCUT2D eigenvalue weighted by atomic mass is 10.3. The van der Waals surface area contributed by atoms with Crippen LogP contribution in [0.25, 0.3) is 0 Å². The zero-order valence-corrected chi connectivity index (χ0v) is 10.6. The number of rotatable bonds is 4. The van der Waals surface area contributed by atoms with Crippen molar-refractivity contribution in [1.82, 2.24) is 14.9 Å². The minimum Gasteiger partial charge on any atom is -0.378 e. The van der Waals surface area contributed by atoms with Crippen LogP contribution in [0, 0.1) is 6.92 Å². The van der Waals surface area contributed by atoms with Gasteiger partial charge in [-0.25, -0.2) is 4.98 Å². The molecule has 18 heavy (non-hydrogen) atoms. The van der Waals surface area contributed by atoms with E-state index in [-0.39, 0.29) is 5.91 Å². The van der Waals surface area contributed by atoms with E-state index in [9.17, 15) is 4.79 Å². The summed E-state index contributed by atoms with van der Waals surface area (Å²) in [4.78, 5) is 22.0. The highest BCUT2D eigenvalue weighted by atomic mass is 16.5. The van der Waals surface area contributed by atoms with Crippen LogP contribution < -0.4 is 5.32 Å². The number of hydrogen-bond donors (Lipinski definition) is 1. The van der Waals surface area contributed by atoms with Gasteiger partial charge in [0, 0.05) is 38.4 Å². The predicted octanol–water partition coefficient (Wildman–Crippen LogP) is 0.446. The smallest absolute Gasteiger partial charge is 0.224 e. The highest BCUT2D eigenvalue weighted by molar-refractivity contribution is 5.76. The number of hydrogen-bond acceptors (Lipinski definition) is 5. The Morgan fingerprint density at radius 1 is 1.39 bits per heavy atom. The van der Waals surface area contributed by atoms with Crippen molar-refractivity contribution in [3.8, 4) is 0 Å². The summed E-state index contributed by atoms with van der Waals surface area (Å²) in [5, 5.41) is 3.13. The minimum absolute atomic E-state index is 0.160. The van der Waals surface area contributed by atoms with Gasteiger partial charge < -0.3 is 15.0 Å². The van der Waals surface area contributed by atoms with Crippen molar-refractivity contribution in [3.05, 3.63) is 18.1 Å². The third kappa shape index (κ3) is 3.40. The molecule has 0 atom stereocenters. The summed E-state index contributed by atoms with van der Waals surface area (Å²) < 4.78 is 5.21. The lowest BCUT2D eigenvalue weighted by molar-refractivity contribution is -0.134. The number of nitrogens with zero attached hydrogens (tertiary/aromatic N) is 3. The molecule has 2 heterocycles. The minimum atomic E-state index is 0.160. The van der Waals surface area contributed by atoms with Crippen LogP contribution in [0.1, 0.15) is 12.1 Å². The molecular formula is C12H18N4O2. The van der Waals surface area contributed by atoms with E-state index < -0.39 is 0 Å². The Bertz CT molecular complexity index is 405. The second kappa shape index (κ2) is 6.30. The Balaban J connectivity index is 1.75. The molecule has 1 N–H and O–H groups in total. The van der Waals surface area contributed by atoms with Crippen LogP contribution in [0.15, 0.2) is 12.4 Å². The number of amides is 1. The van der Waals surface area contributed by atoms with E-state index in [0.717, 1.165) is 11.5 Å². The Hall–Kier alpha value is -1.69. The van der Waals surface area contributed by atoms with Crippen molar-refractivity contribution in [2.24, 2.45) is 0 Å². The molecule has 0 radical (unpaired) electrons. The second-order valence-electron chi connectivity index (χ2n) is 4.16. The number of carbonyl (C=O) groups excluding carboxylic acids is 1. The molecule has 0 bridgehead atoms. The SMILES string of the molecule is Cc1nccnc1NCCC(=O)N1CCOCC1. The predicted molar refractivity (Wildman–Crippen MR) is 67.3 cm³/mol. The molecule has 0 unspecified atom stereocenters. The topological polar surface area (TPSA) is 67.4 Å². The third-order valence-electron chi connectivity index (χ3n) is 2.88. The molecule has 1 saturated heterocycles. The maximum atomic E-state index is 11.9. The van der Waals surface area contributed by atoms with Crippen molar-refractivity contribution in [1.29, 1.82) is 0 Å². The molecule has 1 aliphatic heterocycles. The molecule has 2 rings (SSSR count). The molecule has 6 nitrogen and oxygen atoms in total. The highest BCUT2D eigenvalue weighted by Gasteiger charge is 2.16. The molecule has 1 amide bonds. The summed E-state index contributed by atoms with van der Waals surface area (Å²) in [6.07, 6.45) is 3.76. The second-order valence-corrected chi connectivity index (χ2v) is 4.16. The Kier molecular flexibility index (Phi) is 4.46. The average molecular weight is 250 g/mol. The van der Waals surface area contributed by atoms with Crippen LogP contribution in [0.4, 0.5) is 5.82 Å². The van der Waals surface area contributed by atoms with Gasteiger partial charge in [0.05, 0.1) is 18.9 Å². The molecule has 1 fully saturated rings. The van der Waals surface area contributed by atoms with Crippen LogP contribution in [0.2, 0.25) is 0 Å². The highest BCUT2D eigenvalue weighted by Crippen LogP contribution is 2.06. The lowest BCUT2D eigenvalue weighted by Gasteiger charge is -2.26. The van der Waals surface area contributed by atoms with Gasteiger partial charge in [-0.15, -0.1) is 0 Å². The van der Waals surface area contributed by atoms with Crippen LogP contribution in [0.5, 0.6) is 0 Å². The molecule has 1 aromatic heterocycles. The Morgan fingerprint density at radius 3 is 2.83 bits per heavy atom. The zero-order chi connectivity index (χ0) is 12.8. The van der Waals surface area contributed by atoms with E-state index in [2.05, 4.69) is 15.3 Å². The quantitative estimate of drug-likeness (QED) is 0.840. The van der Waals surface area contributed by atoms with Gasteiger partial charge in [-0.3, -0.25) is 9.78 Å². The number of aromatic nitrogens is 2. The van der Waals surface area contributed by atoms with Crippen LogP contribution in [-0.4, -0.2) is 53.6 Å². The number of carbonyl (C=O) groups is 1. The van der Waals surface area contributed by atoms with E-state index >= 15 is 0 Å². The standard InChI is InChI=1S/C12H18N4O2/c1-10-12(15-5-4-13-10)14-3-2-11(17)16-6-8-18-9-7-16/h4-5H,2-3,6-9H2,1H3,(H,14,15). The van der Waals surface area contributed by atoms with Gasteiger partial charge in [0.15, 0.2) is 0 Å². The summed E-state index contributed by atoms with van der Waals surface area (Å²) in [5.74, 6) is 0.902. The summed E-state index contributed by atoms with van der Waals surface area (Å²) in [6.45, 7) is 5.14. The normalized spacial score (nSPS) is 15.5. The monoisotopic (exact) mass is 250 g/mol. The van der Waals surface area contributed by atoms with Crippen molar-refractivity contribution >= 4 is 11.7 Å². The Morgan fingerprint density at radius 2 is 2.11 bits per heavy atom. The maximum absolute atomic E-state index is 11.9. The zero-order valence-electron chi connectivity index (χ0n) is 10.6. The van der Waals surface area contributed by atoms with Gasteiger partial charge in [0.25, 0.3) is 0 Å². The first-order valence-electron chi connectivity index (χ1n) is 6.14. The van der Waals surface area contributed by atoms with Crippen molar-refractivity contribution < 1.29 is 9.53 Å². The first kappa shape index (κ1) is 12.8. The summed E-state index contributed by atoms with van der Waals surface area (Å²) in [7, 11) is 0. The largest absolute Gasteiger partial charge is 0.378 e. The van der Waals surface area contributed by atoms with Crippen LogP contribution in [-0.2, 0) is 9.53 Å². The molecular weight excluding hydrogens is 232 g/mol. The van der Waals surface area contributed by atoms with Gasteiger partial charge in [0.2, 0.25) is 5.91 Å². The first-order valence-corrected chi connectivity index (χ1v) is 6.14. The molecule has 98 valence electrons. The van der Waals surface area contributed by atoms with Crippen LogP contribution >= 0.6 is 0 Å². The van der Waals surface area contributed by atoms with E-state index in [4.69, 9.17) is 4.74 Å². The molecule has 0 spiro atoms. The molecule has 1 aromatic rings. The van der Waals surface area contributed by atoms with E-state index in [1.165, 1.54) is 0 Å². The lowest BCUT2D eigenvalue weighted by Crippen LogP contribution is -2.41. The van der Waals surface area contributed by atoms with Gasteiger partial charge in [0.1, 0.15) is 5.82 Å². The van der Waals surface area contributed by atoms with E-state index in [1.54, 1.807) is 12.4 Å². The molecule has 0 saturated carbocycles. The van der Waals surface area contributed by atoms with E-state index in [1.807, 2.05) is 11.8 Å². The average Bonchev–Trinajstić information content (AvgIpc) is 2.42. The van der Waals surface area contributed by atoms with Crippen molar-refractivity contribution in [2.45, 2.75) is 13.3 Å². The maximum Gasteiger partial charge on any atom is 0.224 e. The molecule has 6 heteroatoms.